The van der Waals surface area contributed by atoms with Crippen LogP contribution in [0.25, 0.3) is 11.2 Å². The van der Waals surface area contributed by atoms with Crippen LogP contribution in [0.3, 0.4) is 0 Å². The highest BCUT2D eigenvalue weighted by Gasteiger charge is 2.23. The van der Waals surface area contributed by atoms with E-state index in [4.69, 9.17) is 20.2 Å². The molecule has 0 saturated carbocycles. The van der Waals surface area contributed by atoms with Crippen molar-refractivity contribution in [2.45, 2.75) is 35.9 Å². The summed E-state index contributed by atoms with van der Waals surface area (Å²) in [5.41, 5.74) is 7.93. The summed E-state index contributed by atoms with van der Waals surface area (Å²) in [6, 6.07) is 5.80. The SMILES string of the molecule is CSN1CCC(CCn2c(Sc3cc4c(cc3C#N)OCO4)nc3c(N)ncnc32)CC1. The summed E-state index contributed by atoms with van der Waals surface area (Å²) in [5, 5.41) is 10.4. The van der Waals surface area contributed by atoms with Gasteiger partial charge < -0.3 is 19.8 Å². The van der Waals surface area contributed by atoms with Crippen molar-refractivity contribution < 1.29 is 9.47 Å². The lowest BCUT2D eigenvalue weighted by Crippen LogP contribution is -2.28. The predicted molar refractivity (Wildman–Crippen MR) is 124 cm³/mol. The fourth-order valence-electron chi connectivity index (χ4n) is 4.10. The second-order valence-corrected chi connectivity index (χ2v) is 9.63. The van der Waals surface area contributed by atoms with Crippen LogP contribution >= 0.6 is 23.7 Å². The first-order valence-electron chi connectivity index (χ1n) is 10.4. The minimum atomic E-state index is 0.161. The molecule has 0 atom stereocenters. The standard InChI is InChI=1S/C21H23N7O2S2/c1-31-27-5-2-13(3-6-27)4-7-28-20-18(19(23)24-11-25-20)26-21(28)32-17-9-16-15(29-12-30-16)8-14(17)10-22/h8-9,11,13H,2-7,12H2,1H3,(H2,23,24,25). The van der Waals surface area contributed by atoms with Gasteiger partial charge in [-0.15, -0.1) is 0 Å². The van der Waals surface area contributed by atoms with Gasteiger partial charge in [-0.2, -0.15) is 5.26 Å². The van der Waals surface area contributed by atoms with Crippen LogP contribution in [0, 0.1) is 17.2 Å². The normalized spacial score (nSPS) is 16.5. The van der Waals surface area contributed by atoms with E-state index in [2.05, 4.69) is 31.2 Å². The van der Waals surface area contributed by atoms with Crippen molar-refractivity contribution in [3.8, 4) is 17.6 Å². The summed E-state index contributed by atoms with van der Waals surface area (Å²) in [7, 11) is 0. The summed E-state index contributed by atoms with van der Waals surface area (Å²) in [6.07, 6.45) is 7.03. The predicted octanol–water partition coefficient (Wildman–Crippen LogP) is 3.54. The molecule has 2 aliphatic heterocycles. The van der Waals surface area contributed by atoms with Crippen molar-refractivity contribution in [1.82, 2.24) is 23.8 Å². The van der Waals surface area contributed by atoms with Gasteiger partial charge >= 0.3 is 0 Å². The van der Waals surface area contributed by atoms with E-state index in [0.29, 0.717) is 34.3 Å². The number of aromatic nitrogens is 4. The molecular weight excluding hydrogens is 446 g/mol. The molecule has 0 amide bonds. The second-order valence-electron chi connectivity index (χ2n) is 7.74. The van der Waals surface area contributed by atoms with Crippen molar-refractivity contribution in [2.24, 2.45) is 5.92 Å². The third-order valence-corrected chi connectivity index (χ3v) is 7.85. The van der Waals surface area contributed by atoms with Crippen LogP contribution in [-0.4, -0.2) is 50.0 Å². The Morgan fingerprint density at radius 3 is 2.75 bits per heavy atom. The molecule has 1 aromatic carbocycles. The van der Waals surface area contributed by atoms with Crippen LogP contribution in [0.1, 0.15) is 24.8 Å². The van der Waals surface area contributed by atoms with Gasteiger partial charge in [0.05, 0.1) is 5.56 Å². The van der Waals surface area contributed by atoms with Crippen LogP contribution in [0.5, 0.6) is 11.5 Å². The Bertz CT molecular complexity index is 1190. The van der Waals surface area contributed by atoms with E-state index in [9.17, 15) is 5.26 Å². The molecule has 0 aliphatic carbocycles. The summed E-state index contributed by atoms with van der Waals surface area (Å²) < 4.78 is 15.4. The summed E-state index contributed by atoms with van der Waals surface area (Å²) >= 11 is 3.24. The van der Waals surface area contributed by atoms with Gasteiger partial charge in [-0.3, -0.25) is 4.31 Å². The summed E-state index contributed by atoms with van der Waals surface area (Å²) in [5.74, 6) is 2.24. The molecule has 2 aliphatic rings. The maximum absolute atomic E-state index is 9.66. The maximum atomic E-state index is 9.66. The van der Waals surface area contributed by atoms with Crippen molar-refractivity contribution in [3.05, 3.63) is 24.0 Å². The van der Waals surface area contributed by atoms with Gasteiger partial charge in [0.15, 0.2) is 33.6 Å². The molecule has 4 heterocycles. The number of nitrogen functional groups attached to an aromatic ring is 1. The molecule has 0 unspecified atom stereocenters. The van der Waals surface area contributed by atoms with Crippen molar-refractivity contribution in [3.63, 3.8) is 0 Å². The van der Waals surface area contributed by atoms with Crippen molar-refractivity contribution in [1.29, 1.82) is 5.26 Å². The van der Waals surface area contributed by atoms with Gasteiger partial charge in [-0.1, -0.05) is 23.7 Å². The number of hydrogen-bond donors (Lipinski definition) is 1. The molecule has 0 spiro atoms. The van der Waals surface area contributed by atoms with E-state index in [1.165, 1.54) is 30.9 Å². The van der Waals surface area contributed by atoms with Gasteiger partial charge in [-0.05, 0) is 37.5 Å². The Hall–Kier alpha value is -2.68. The molecule has 0 radical (unpaired) electrons. The van der Waals surface area contributed by atoms with E-state index in [1.54, 1.807) is 6.07 Å². The van der Waals surface area contributed by atoms with E-state index in [-0.39, 0.29) is 6.79 Å². The first-order chi connectivity index (χ1) is 15.7. The molecule has 3 aromatic rings. The monoisotopic (exact) mass is 469 g/mol. The highest BCUT2D eigenvalue weighted by atomic mass is 32.2. The van der Waals surface area contributed by atoms with Crippen molar-refractivity contribution >= 4 is 40.7 Å². The lowest BCUT2D eigenvalue weighted by molar-refractivity contribution is 0.174. The highest BCUT2D eigenvalue weighted by Crippen LogP contribution is 2.41. The van der Waals surface area contributed by atoms with Crippen LogP contribution in [0.4, 0.5) is 5.82 Å². The molecule has 1 saturated heterocycles. The summed E-state index contributed by atoms with van der Waals surface area (Å²) in [6.45, 7) is 3.19. The number of anilines is 1. The maximum Gasteiger partial charge on any atom is 0.231 e. The molecule has 2 N–H and O–H groups in total. The van der Waals surface area contributed by atoms with Gasteiger partial charge in [0.2, 0.25) is 6.79 Å². The molecule has 9 nitrogen and oxygen atoms in total. The number of fused-ring (bicyclic) bond motifs is 2. The topological polar surface area (TPSA) is 115 Å². The molecule has 0 bridgehead atoms. The number of rotatable bonds is 6. The van der Waals surface area contributed by atoms with Gasteiger partial charge in [0.25, 0.3) is 0 Å². The van der Waals surface area contributed by atoms with E-state index >= 15 is 0 Å². The van der Waals surface area contributed by atoms with E-state index in [1.807, 2.05) is 18.0 Å². The number of nitrogens with two attached hydrogens (primary N) is 1. The lowest BCUT2D eigenvalue weighted by atomic mass is 9.95. The number of nitrogens with zero attached hydrogens (tertiary/aromatic N) is 6. The number of piperidine rings is 1. The minimum Gasteiger partial charge on any atom is -0.454 e. The van der Waals surface area contributed by atoms with Crippen LogP contribution in [0.15, 0.2) is 28.5 Å². The zero-order chi connectivity index (χ0) is 22.1. The number of ether oxygens (including phenoxy) is 2. The lowest BCUT2D eigenvalue weighted by Gasteiger charge is -2.30. The second kappa shape index (κ2) is 9.05. The summed E-state index contributed by atoms with van der Waals surface area (Å²) in [4.78, 5) is 14.1. The zero-order valence-corrected chi connectivity index (χ0v) is 19.3. The Balaban J connectivity index is 1.44. The molecule has 5 rings (SSSR count). The fourth-order valence-corrected chi connectivity index (χ4v) is 5.68. The number of benzene rings is 1. The number of imidazole rings is 1. The average molecular weight is 470 g/mol. The largest absolute Gasteiger partial charge is 0.454 e. The van der Waals surface area contributed by atoms with E-state index in [0.717, 1.165) is 41.8 Å². The third kappa shape index (κ3) is 4.05. The molecule has 32 heavy (non-hydrogen) atoms. The number of hydrogen-bond acceptors (Lipinski definition) is 10. The molecular formula is C21H23N7O2S2. The molecule has 2 aromatic heterocycles. The molecule has 1 fully saturated rings. The van der Waals surface area contributed by atoms with Crippen LogP contribution in [0.2, 0.25) is 0 Å². The first kappa shape index (κ1) is 21.2. The Labute approximate surface area is 194 Å². The Kier molecular flexibility index (Phi) is 5.99. The van der Waals surface area contributed by atoms with Gasteiger partial charge in [0.1, 0.15) is 12.4 Å². The Morgan fingerprint density at radius 1 is 1.22 bits per heavy atom. The van der Waals surface area contributed by atoms with Gasteiger partial charge in [0, 0.05) is 30.6 Å². The quantitative estimate of drug-likeness (QED) is 0.537. The Morgan fingerprint density at radius 2 is 2.00 bits per heavy atom. The average Bonchev–Trinajstić information content (AvgIpc) is 3.42. The van der Waals surface area contributed by atoms with Crippen molar-refractivity contribution in [2.75, 3.05) is 31.9 Å². The van der Waals surface area contributed by atoms with Gasteiger partial charge in [-0.25, -0.2) is 15.0 Å². The molecule has 166 valence electrons. The minimum absolute atomic E-state index is 0.161. The highest BCUT2D eigenvalue weighted by molar-refractivity contribution is 7.99. The first-order valence-corrected chi connectivity index (χ1v) is 12.4. The number of nitriles is 1. The van der Waals surface area contributed by atoms with Crippen LogP contribution in [-0.2, 0) is 6.54 Å². The fraction of sp³-hybridized carbons (Fsp3) is 0.429. The number of aryl methyl sites for hydroxylation is 1. The zero-order valence-electron chi connectivity index (χ0n) is 17.7. The van der Waals surface area contributed by atoms with Crippen LogP contribution < -0.4 is 15.2 Å². The smallest absolute Gasteiger partial charge is 0.231 e. The third-order valence-electron chi connectivity index (χ3n) is 5.91. The van der Waals surface area contributed by atoms with E-state index < -0.39 is 0 Å². The molecule has 11 heteroatoms.